The number of nitrogens with one attached hydrogen (secondary N) is 1. The van der Waals surface area contributed by atoms with E-state index in [0.717, 1.165) is 17.7 Å². The van der Waals surface area contributed by atoms with Gasteiger partial charge >= 0.3 is 5.97 Å². The summed E-state index contributed by atoms with van der Waals surface area (Å²) in [5, 5.41) is 3.19. The van der Waals surface area contributed by atoms with Crippen LogP contribution in [0.25, 0.3) is 0 Å². The van der Waals surface area contributed by atoms with E-state index in [1.165, 1.54) is 6.20 Å². The first-order valence-electron chi connectivity index (χ1n) is 6.93. The molecule has 2 aromatic rings. The van der Waals surface area contributed by atoms with Gasteiger partial charge in [0.2, 0.25) is 0 Å². The summed E-state index contributed by atoms with van der Waals surface area (Å²) in [6, 6.07) is 9.47. The molecule has 0 unspecified atom stereocenters. The minimum atomic E-state index is -0.436. The number of anilines is 3. The first-order chi connectivity index (χ1) is 10.2. The fourth-order valence-electron chi connectivity index (χ4n) is 2.02. The highest BCUT2D eigenvalue weighted by Gasteiger charge is 2.15. The summed E-state index contributed by atoms with van der Waals surface area (Å²) >= 11 is 0. The number of carbonyl (C=O) groups excluding carboxylic acids is 1. The van der Waals surface area contributed by atoms with Gasteiger partial charge in [-0.3, -0.25) is 0 Å². The first-order valence-corrected chi connectivity index (χ1v) is 6.93. The lowest BCUT2D eigenvalue weighted by Crippen LogP contribution is -2.10. The molecule has 0 amide bonds. The van der Waals surface area contributed by atoms with Gasteiger partial charge in [-0.25, -0.2) is 9.78 Å². The molecule has 1 heterocycles. The second kappa shape index (κ2) is 6.74. The zero-order valence-corrected chi connectivity index (χ0v) is 12.2. The molecule has 21 heavy (non-hydrogen) atoms. The fraction of sp³-hybridized carbons (Fsp3) is 0.250. The highest BCUT2D eigenvalue weighted by atomic mass is 16.5. The number of hydrogen-bond donors (Lipinski definition) is 2. The summed E-state index contributed by atoms with van der Waals surface area (Å²) in [4.78, 5) is 16.2. The van der Waals surface area contributed by atoms with Crippen molar-refractivity contribution in [2.45, 2.75) is 20.3 Å². The van der Waals surface area contributed by atoms with Gasteiger partial charge in [0.05, 0.1) is 18.5 Å². The van der Waals surface area contributed by atoms with Gasteiger partial charge in [-0.2, -0.15) is 0 Å². The molecule has 0 aliphatic heterocycles. The Morgan fingerprint density at radius 3 is 2.81 bits per heavy atom. The predicted molar refractivity (Wildman–Crippen MR) is 83.7 cm³/mol. The fourth-order valence-corrected chi connectivity index (χ4v) is 2.02. The van der Waals surface area contributed by atoms with Gasteiger partial charge in [0, 0.05) is 5.69 Å². The minimum Gasteiger partial charge on any atom is -0.462 e. The molecule has 110 valence electrons. The third kappa shape index (κ3) is 3.51. The molecule has 2 rings (SSSR count). The highest BCUT2D eigenvalue weighted by Crippen LogP contribution is 2.24. The number of nitrogen functional groups attached to an aromatic ring is 1. The number of para-hydroxylation sites is 1. The van der Waals surface area contributed by atoms with Crippen molar-refractivity contribution < 1.29 is 9.53 Å². The van der Waals surface area contributed by atoms with E-state index < -0.39 is 5.97 Å². The summed E-state index contributed by atoms with van der Waals surface area (Å²) < 4.78 is 5.04. The van der Waals surface area contributed by atoms with Crippen molar-refractivity contribution in [1.82, 2.24) is 4.98 Å². The maximum atomic E-state index is 12.0. The van der Waals surface area contributed by atoms with Crippen LogP contribution in [0.2, 0.25) is 0 Å². The average Bonchev–Trinajstić information content (AvgIpc) is 2.49. The Bertz CT molecular complexity index is 641. The van der Waals surface area contributed by atoms with Crippen LogP contribution in [0.5, 0.6) is 0 Å². The van der Waals surface area contributed by atoms with Crippen LogP contribution in [0, 0.1) is 0 Å². The number of benzene rings is 1. The summed E-state index contributed by atoms with van der Waals surface area (Å²) in [6.07, 6.45) is 2.40. The number of carbonyl (C=O) groups is 1. The Labute approximate surface area is 124 Å². The van der Waals surface area contributed by atoms with E-state index in [-0.39, 0.29) is 0 Å². The van der Waals surface area contributed by atoms with Crippen LogP contribution in [0.1, 0.15) is 29.8 Å². The minimum absolute atomic E-state index is 0.304. The molecule has 0 fully saturated rings. The molecular weight excluding hydrogens is 266 g/mol. The molecule has 0 atom stereocenters. The van der Waals surface area contributed by atoms with E-state index in [4.69, 9.17) is 10.5 Å². The van der Waals surface area contributed by atoms with Crippen molar-refractivity contribution in [3.63, 3.8) is 0 Å². The molecule has 3 N–H and O–H groups in total. The third-order valence-corrected chi connectivity index (χ3v) is 3.06. The molecule has 1 aromatic heterocycles. The van der Waals surface area contributed by atoms with Crippen molar-refractivity contribution in [1.29, 1.82) is 0 Å². The second-order valence-corrected chi connectivity index (χ2v) is 4.52. The molecule has 0 spiro atoms. The number of aromatic nitrogens is 1. The maximum Gasteiger partial charge on any atom is 0.341 e. The summed E-state index contributed by atoms with van der Waals surface area (Å²) in [7, 11) is 0. The average molecular weight is 285 g/mol. The van der Waals surface area contributed by atoms with Gasteiger partial charge in [-0.15, -0.1) is 0 Å². The number of pyridine rings is 1. The molecule has 0 aliphatic rings. The zero-order valence-electron chi connectivity index (χ0n) is 12.2. The largest absolute Gasteiger partial charge is 0.462 e. The number of hydrogen-bond acceptors (Lipinski definition) is 5. The smallest absolute Gasteiger partial charge is 0.341 e. The lowest BCUT2D eigenvalue weighted by atomic mass is 10.1. The number of rotatable bonds is 5. The van der Waals surface area contributed by atoms with Crippen LogP contribution in [-0.2, 0) is 11.2 Å². The summed E-state index contributed by atoms with van der Waals surface area (Å²) in [6.45, 7) is 4.14. The van der Waals surface area contributed by atoms with Crippen molar-refractivity contribution in [3.05, 3.63) is 47.7 Å². The molecule has 0 bridgehead atoms. The maximum absolute atomic E-state index is 12.0. The van der Waals surface area contributed by atoms with Gasteiger partial charge in [-0.05, 0) is 31.0 Å². The Kier molecular flexibility index (Phi) is 4.77. The van der Waals surface area contributed by atoms with Crippen molar-refractivity contribution in [2.75, 3.05) is 17.7 Å². The van der Waals surface area contributed by atoms with E-state index in [2.05, 4.69) is 17.2 Å². The van der Waals surface area contributed by atoms with Gasteiger partial charge in [0.25, 0.3) is 0 Å². The molecule has 0 aliphatic carbocycles. The third-order valence-electron chi connectivity index (χ3n) is 3.06. The Morgan fingerprint density at radius 2 is 2.10 bits per heavy atom. The van der Waals surface area contributed by atoms with Crippen molar-refractivity contribution in [3.8, 4) is 0 Å². The number of aryl methyl sites for hydroxylation is 1. The van der Waals surface area contributed by atoms with Gasteiger partial charge in [-0.1, -0.05) is 25.1 Å². The summed E-state index contributed by atoms with van der Waals surface area (Å²) in [5.74, 6) is 0.0114. The number of ether oxygens (including phenoxy) is 1. The molecule has 0 radical (unpaired) electrons. The van der Waals surface area contributed by atoms with E-state index in [1.807, 2.05) is 24.3 Å². The molecule has 0 saturated carbocycles. The number of esters is 1. The van der Waals surface area contributed by atoms with E-state index in [9.17, 15) is 4.79 Å². The topological polar surface area (TPSA) is 77.2 Å². The predicted octanol–water partition coefficient (Wildman–Crippen LogP) is 3.15. The lowest BCUT2D eigenvalue weighted by molar-refractivity contribution is 0.0527. The molecule has 5 nitrogen and oxygen atoms in total. The summed E-state index contributed by atoms with van der Waals surface area (Å²) in [5.41, 5.74) is 8.54. The quantitative estimate of drug-likeness (QED) is 0.825. The van der Waals surface area contributed by atoms with Crippen LogP contribution in [0.4, 0.5) is 17.2 Å². The van der Waals surface area contributed by atoms with Gasteiger partial charge < -0.3 is 15.8 Å². The van der Waals surface area contributed by atoms with Crippen LogP contribution >= 0.6 is 0 Å². The van der Waals surface area contributed by atoms with Crippen molar-refractivity contribution in [2.24, 2.45) is 0 Å². The lowest BCUT2D eigenvalue weighted by Gasteiger charge is -2.13. The van der Waals surface area contributed by atoms with Crippen LogP contribution in [0.15, 0.2) is 36.5 Å². The molecule has 5 heteroatoms. The van der Waals surface area contributed by atoms with Crippen LogP contribution in [0.3, 0.4) is 0 Å². The first kappa shape index (κ1) is 14.8. The Balaban J connectivity index is 2.37. The van der Waals surface area contributed by atoms with Crippen LogP contribution in [-0.4, -0.2) is 17.6 Å². The monoisotopic (exact) mass is 285 g/mol. The zero-order chi connectivity index (χ0) is 15.2. The van der Waals surface area contributed by atoms with E-state index >= 15 is 0 Å². The SMILES string of the molecule is CCOC(=O)c1cc(N)cnc1Nc1ccccc1CC. The normalized spacial score (nSPS) is 10.2. The molecule has 0 saturated heterocycles. The van der Waals surface area contributed by atoms with E-state index in [1.54, 1.807) is 13.0 Å². The number of nitrogens with two attached hydrogens (primary N) is 1. The Hall–Kier alpha value is -2.56. The number of nitrogens with zero attached hydrogens (tertiary/aromatic N) is 1. The standard InChI is InChI=1S/C16H19N3O2/c1-3-11-7-5-6-8-14(11)19-15-13(16(20)21-4-2)9-12(17)10-18-15/h5-10H,3-4,17H2,1-2H3,(H,18,19). The van der Waals surface area contributed by atoms with Crippen LogP contribution < -0.4 is 11.1 Å². The molecule has 1 aromatic carbocycles. The van der Waals surface area contributed by atoms with Gasteiger partial charge in [0.15, 0.2) is 0 Å². The van der Waals surface area contributed by atoms with Gasteiger partial charge in [0.1, 0.15) is 11.4 Å². The highest BCUT2D eigenvalue weighted by molar-refractivity contribution is 5.96. The second-order valence-electron chi connectivity index (χ2n) is 4.52. The molecular formula is C16H19N3O2. The van der Waals surface area contributed by atoms with Crippen molar-refractivity contribution >= 4 is 23.2 Å². The van der Waals surface area contributed by atoms with E-state index in [0.29, 0.717) is 23.7 Å². The Morgan fingerprint density at radius 1 is 1.33 bits per heavy atom.